The third kappa shape index (κ3) is 3.40. The number of carbonyl (C=O) groups excluding carboxylic acids is 1. The molecule has 5 heteroatoms. The van der Waals surface area contributed by atoms with Crippen LogP contribution in [0.4, 0.5) is 0 Å². The highest BCUT2D eigenvalue weighted by molar-refractivity contribution is 5.82. The summed E-state index contributed by atoms with van der Waals surface area (Å²) in [7, 11) is 1.69. The van der Waals surface area contributed by atoms with Crippen molar-refractivity contribution in [3.8, 4) is 0 Å². The summed E-state index contributed by atoms with van der Waals surface area (Å²) in [6, 6.07) is 0.548. The molecular formula is C12H23N3O2. The van der Waals surface area contributed by atoms with Crippen molar-refractivity contribution in [1.82, 2.24) is 10.6 Å². The number of nitrogens with two attached hydrogens (primary N) is 1. The maximum absolute atomic E-state index is 12.0. The lowest BCUT2D eigenvalue weighted by Gasteiger charge is -2.27. The lowest BCUT2D eigenvalue weighted by Crippen LogP contribution is -2.47. The van der Waals surface area contributed by atoms with E-state index in [9.17, 15) is 4.79 Å². The van der Waals surface area contributed by atoms with Gasteiger partial charge in [-0.1, -0.05) is 0 Å². The molecule has 0 bridgehead atoms. The summed E-state index contributed by atoms with van der Waals surface area (Å²) in [6.45, 7) is 0.768. The van der Waals surface area contributed by atoms with E-state index in [4.69, 9.17) is 10.5 Å². The average molecular weight is 241 g/mol. The van der Waals surface area contributed by atoms with Gasteiger partial charge in [0.05, 0.1) is 12.1 Å². The van der Waals surface area contributed by atoms with Crippen molar-refractivity contribution in [3.05, 3.63) is 0 Å². The Morgan fingerprint density at radius 2 is 2.06 bits per heavy atom. The van der Waals surface area contributed by atoms with Crippen LogP contribution in [0.1, 0.15) is 32.1 Å². The molecule has 5 nitrogen and oxygen atoms in total. The summed E-state index contributed by atoms with van der Waals surface area (Å²) in [5.41, 5.74) is 5.84. The largest absolute Gasteiger partial charge is 0.380 e. The molecule has 1 heterocycles. The van der Waals surface area contributed by atoms with Crippen LogP contribution in [0.2, 0.25) is 0 Å². The monoisotopic (exact) mass is 241 g/mol. The van der Waals surface area contributed by atoms with Gasteiger partial charge in [-0.25, -0.2) is 0 Å². The maximum Gasteiger partial charge on any atom is 0.237 e. The SMILES string of the molecule is COC1CNC(C(=O)NC2CCC(N)CC2)C1. The topological polar surface area (TPSA) is 76.4 Å². The fourth-order valence-electron chi connectivity index (χ4n) is 2.65. The molecule has 0 aromatic carbocycles. The quantitative estimate of drug-likeness (QED) is 0.637. The average Bonchev–Trinajstić information content (AvgIpc) is 2.81. The van der Waals surface area contributed by atoms with E-state index in [-0.39, 0.29) is 18.1 Å². The van der Waals surface area contributed by atoms with E-state index in [0.717, 1.165) is 38.6 Å². The molecule has 98 valence electrons. The van der Waals surface area contributed by atoms with Crippen molar-refractivity contribution in [3.63, 3.8) is 0 Å². The zero-order chi connectivity index (χ0) is 12.3. The second kappa shape index (κ2) is 5.80. The molecule has 2 atom stereocenters. The smallest absolute Gasteiger partial charge is 0.237 e. The second-order valence-corrected chi connectivity index (χ2v) is 5.17. The van der Waals surface area contributed by atoms with E-state index in [1.807, 2.05) is 0 Å². The Morgan fingerprint density at radius 1 is 1.35 bits per heavy atom. The van der Waals surface area contributed by atoms with E-state index in [2.05, 4.69) is 10.6 Å². The summed E-state index contributed by atoms with van der Waals surface area (Å²) >= 11 is 0. The molecule has 1 saturated heterocycles. The molecule has 4 N–H and O–H groups in total. The van der Waals surface area contributed by atoms with Crippen molar-refractivity contribution < 1.29 is 9.53 Å². The van der Waals surface area contributed by atoms with Crippen molar-refractivity contribution in [2.75, 3.05) is 13.7 Å². The Kier molecular flexibility index (Phi) is 4.36. The number of hydrogen-bond acceptors (Lipinski definition) is 4. The van der Waals surface area contributed by atoms with Crippen LogP contribution in [0, 0.1) is 0 Å². The summed E-state index contributed by atoms with van der Waals surface area (Å²) in [5, 5.41) is 6.31. The van der Waals surface area contributed by atoms with Crippen LogP contribution < -0.4 is 16.4 Å². The standard InChI is InChI=1S/C12H23N3O2/c1-17-10-6-11(14-7-10)12(16)15-9-4-2-8(13)3-5-9/h8-11,14H,2-7,13H2,1H3,(H,15,16). The molecule has 1 saturated carbocycles. The Morgan fingerprint density at radius 3 is 2.65 bits per heavy atom. The molecule has 2 unspecified atom stereocenters. The fourth-order valence-corrected chi connectivity index (χ4v) is 2.65. The van der Waals surface area contributed by atoms with Gasteiger partial charge < -0.3 is 21.1 Å². The lowest BCUT2D eigenvalue weighted by atomic mass is 9.91. The molecular weight excluding hydrogens is 218 g/mol. The normalized spacial score (nSPS) is 38.0. The molecule has 1 aliphatic carbocycles. The number of rotatable bonds is 3. The van der Waals surface area contributed by atoms with E-state index in [1.54, 1.807) is 7.11 Å². The van der Waals surface area contributed by atoms with Gasteiger partial charge in [0.2, 0.25) is 5.91 Å². The summed E-state index contributed by atoms with van der Waals surface area (Å²) in [5.74, 6) is 0.116. The van der Waals surface area contributed by atoms with Crippen molar-refractivity contribution in [2.24, 2.45) is 5.73 Å². The molecule has 0 spiro atoms. The van der Waals surface area contributed by atoms with Crippen LogP contribution in [0.15, 0.2) is 0 Å². The number of ether oxygens (including phenoxy) is 1. The first-order valence-electron chi connectivity index (χ1n) is 6.51. The molecule has 1 aliphatic heterocycles. The molecule has 2 aliphatic rings. The summed E-state index contributed by atoms with van der Waals surface area (Å²) in [6.07, 6.45) is 4.99. The highest BCUT2D eigenvalue weighted by Crippen LogP contribution is 2.18. The minimum absolute atomic E-state index is 0.0875. The molecule has 0 aromatic rings. The highest BCUT2D eigenvalue weighted by Gasteiger charge is 2.30. The molecule has 17 heavy (non-hydrogen) atoms. The van der Waals surface area contributed by atoms with Crippen LogP contribution in [0.25, 0.3) is 0 Å². The Labute approximate surface area is 102 Å². The van der Waals surface area contributed by atoms with E-state index < -0.39 is 0 Å². The summed E-state index contributed by atoms with van der Waals surface area (Å²) < 4.78 is 5.24. The molecule has 0 radical (unpaired) electrons. The van der Waals surface area contributed by atoms with Crippen LogP contribution in [0.3, 0.4) is 0 Å². The number of methoxy groups -OCH3 is 1. The van der Waals surface area contributed by atoms with Crippen LogP contribution in [-0.4, -0.2) is 43.8 Å². The van der Waals surface area contributed by atoms with Crippen LogP contribution in [0.5, 0.6) is 0 Å². The van der Waals surface area contributed by atoms with Gasteiger partial charge in [0.15, 0.2) is 0 Å². The van der Waals surface area contributed by atoms with Gasteiger partial charge in [0, 0.05) is 25.7 Å². The molecule has 0 aromatic heterocycles. The van der Waals surface area contributed by atoms with Crippen molar-refractivity contribution in [2.45, 2.75) is 56.3 Å². The van der Waals surface area contributed by atoms with E-state index in [0.29, 0.717) is 12.1 Å². The first-order chi connectivity index (χ1) is 8.19. The van der Waals surface area contributed by atoms with Gasteiger partial charge in [-0.05, 0) is 32.1 Å². The molecule has 1 amide bonds. The fraction of sp³-hybridized carbons (Fsp3) is 0.917. The maximum atomic E-state index is 12.0. The number of amides is 1. The van der Waals surface area contributed by atoms with Crippen molar-refractivity contribution in [1.29, 1.82) is 0 Å². The van der Waals surface area contributed by atoms with Gasteiger partial charge in [0.25, 0.3) is 0 Å². The molecule has 2 fully saturated rings. The molecule has 2 rings (SSSR count). The predicted octanol–water partition coefficient (Wildman–Crippen LogP) is -0.251. The van der Waals surface area contributed by atoms with E-state index >= 15 is 0 Å². The Balaban J connectivity index is 1.74. The summed E-state index contributed by atoms with van der Waals surface area (Å²) in [4.78, 5) is 12.0. The highest BCUT2D eigenvalue weighted by atomic mass is 16.5. The van der Waals surface area contributed by atoms with E-state index in [1.165, 1.54) is 0 Å². The van der Waals surface area contributed by atoms with Gasteiger partial charge in [0.1, 0.15) is 0 Å². The zero-order valence-electron chi connectivity index (χ0n) is 10.4. The third-order valence-corrected chi connectivity index (χ3v) is 3.86. The van der Waals surface area contributed by atoms with Gasteiger partial charge in [-0.15, -0.1) is 0 Å². The Bertz CT molecular complexity index is 264. The van der Waals surface area contributed by atoms with Gasteiger partial charge in [-0.3, -0.25) is 4.79 Å². The minimum Gasteiger partial charge on any atom is -0.380 e. The van der Waals surface area contributed by atoms with Crippen molar-refractivity contribution >= 4 is 5.91 Å². The number of nitrogens with one attached hydrogen (secondary N) is 2. The first-order valence-corrected chi connectivity index (χ1v) is 6.51. The lowest BCUT2D eigenvalue weighted by molar-refractivity contribution is -0.123. The number of hydrogen-bond donors (Lipinski definition) is 3. The number of carbonyl (C=O) groups is 1. The van der Waals surface area contributed by atoms with Crippen LogP contribution >= 0.6 is 0 Å². The Hall–Kier alpha value is -0.650. The van der Waals surface area contributed by atoms with Gasteiger partial charge in [-0.2, -0.15) is 0 Å². The predicted molar refractivity (Wildman–Crippen MR) is 65.6 cm³/mol. The van der Waals surface area contributed by atoms with Gasteiger partial charge >= 0.3 is 0 Å². The third-order valence-electron chi connectivity index (χ3n) is 3.86. The zero-order valence-corrected chi connectivity index (χ0v) is 10.4. The first kappa shape index (κ1) is 12.8. The minimum atomic E-state index is -0.0875. The second-order valence-electron chi connectivity index (χ2n) is 5.17. The van der Waals surface area contributed by atoms with Crippen LogP contribution in [-0.2, 0) is 9.53 Å².